The molecule has 0 unspecified atom stereocenters. The smallest absolute Gasteiger partial charge is 0.335 e. The number of carboxylic acids is 1. The van der Waals surface area contributed by atoms with Crippen LogP contribution in [0.3, 0.4) is 0 Å². The maximum absolute atomic E-state index is 13.4. The van der Waals surface area contributed by atoms with Gasteiger partial charge in [-0.1, -0.05) is 45.0 Å². The number of hydrogen-bond donors (Lipinski definition) is 5. The summed E-state index contributed by atoms with van der Waals surface area (Å²) in [5.41, 5.74) is 1.90. The lowest BCUT2D eigenvalue weighted by Crippen LogP contribution is -2.22. The van der Waals surface area contributed by atoms with Crippen LogP contribution in [0.25, 0.3) is 10.8 Å². The molecule has 51 heavy (non-hydrogen) atoms. The van der Waals surface area contributed by atoms with Gasteiger partial charge < -0.3 is 35.3 Å². The summed E-state index contributed by atoms with van der Waals surface area (Å²) in [5.74, 6) is 0.815. The number of rotatable bonds is 11. The number of anilines is 5. The number of urea groups is 1. The Bertz CT molecular complexity index is 2210. The summed E-state index contributed by atoms with van der Waals surface area (Å²) >= 11 is 0. The second-order valence-corrected chi connectivity index (χ2v) is 14.1. The molecule has 4 aromatic carbocycles. The number of fused-ring (bicyclic) bond motifs is 1. The summed E-state index contributed by atoms with van der Waals surface area (Å²) < 4.78 is 43.7. The number of methoxy groups -OCH3 is 2. The standard InChI is InChI=1S/C36H37N5O8S.ClH/c1-36(2,3)22-17-29(33(48-5)30(18-22)41-50(6,45)46)40-35(44)39-28-11-12-31(27-10-8-7-9-26(27)28)49-24-13-14-37-32(20-24)38-23-15-21(34(42)43)16-25(19-23)47-4;/h7-20,41H,1-6H3,(H,37,38)(H,42,43)(H2,39,40,44);1H. The van der Waals surface area contributed by atoms with Crippen LogP contribution in [-0.2, 0) is 15.4 Å². The molecule has 5 N–H and O–H groups in total. The molecule has 0 aliphatic carbocycles. The highest BCUT2D eigenvalue weighted by Gasteiger charge is 2.22. The Hall–Kier alpha value is -5.73. The van der Waals surface area contributed by atoms with E-state index in [1.54, 1.807) is 48.7 Å². The second-order valence-electron chi connectivity index (χ2n) is 12.3. The molecule has 13 nitrogen and oxygen atoms in total. The van der Waals surface area contributed by atoms with Gasteiger partial charge in [0.05, 0.1) is 43.1 Å². The maximum atomic E-state index is 13.4. The van der Waals surface area contributed by atoms with E-state index in [1.807, 2.05) is 45.0 Å². The topological polar surface area (TPSA) is 177 Å². The van der Waals surface area contributed by atoms with E-state index in [0.717, 1.165) is 11.8 Å². The fourth-order valence-corrected chi connectivity index (χ4v) is 5.68. The lowest BCUT2D eigenvalue weighted by molar-refractivity contribution is 0.0696. The van der Waals surface area contributed by atoms with Crippen molar-refractivity contribution in [2.45, 2.75) is 26.2 Å². The third-order valence-electron chi connectivity index (χ3n) is 7.46. The molecule has 0 aliphatic rings. The van der Waals surface area contributed by atoms with E-state index < -0.39 is 22.0 Å². The molecule has 268 valence electrons. The second kappa shape index (κ2) is 15.4. The number of nitrogens with one attached hydrogen (secondary N) is 4. The Morgan fingerprint density at radius 3 is 2.14 bits per heavy atom. The molecule has 0 bridgehead atoms. The molecule has 0 spiro atoms. The molecular weight excluding hydrogens is 698 g/mol. The third kappa shape index (κ3) is 9.50. The first kappa shape index (κ1) is 38.1. The number of benzene rings is 4. The van der Waals surface area contributed by atoms with E-state index in [4.69, 9.17) is 14.2 Å². The van der Waals surface area contributed by atoms with Crippen molar-refractivity contribution in [3.63, 3.8) is 0 Å². The SMILES string of the molecule is COc1cc(Nc2cc(Oc3ccc(NC(=O)Nc4cc(C(C)(C)C)cc(NS(C)(=O)=O)c4OC)c4ccccc34)ccn2)cc(C(=O)O)c1.Cl. The largest absolute Gasteiger partial charge is 0.497 e. The molecule has 0 radical (unpaired) electrons. The molecule has 1 heterocycles. The van der Waals surface area contributed by atoms with Gasteiger partial charge in [0, 0.05) is 34.8 Å². The lowest BCUT2D eigenvalue weighted by Gasteiger charge is -2.24. The Labute approximate surface area is 301 Å². The van der Waals surface area contributed by atoms with Gasteiger partial charge in [0.25, 0.3) is 0 Å². The number of carbonyl (C=O) groups excluding carboxylic acids is 1. The summed E-state index contributed by atoms with van der Waals surface area (Å²) in [4.78, 5) is 29.3. The summed E-state index contributed by atoms with van der Waals surface area (Å²) in [5, 5.41) is 19.7. The van der Waals surface area contributed by atoms with Gasteiger partial charge >= 0.3 is 12.0 Å². The van der Waals surface area contributed by atoms with Gasteiger partial charge in [0.2, 0.25) is 10.0 Å². The highest BCUT2D eigenvalue weighted by atomic mass is 35.5. The maximum Gasteiger partial charge on any atom is 0.335 e. The van der Waals surface area contributed by atoms with E-state index in [-0.39, 0.29) is 40.5 Å². The fourth-order valence-electron chi connectivity index (χ4n) is 5.13. The first-order chi connectivity index (χ1) is 23.6. The van der Waals surface area contributed by atoms with E-state index in [0.29, 0.717) is 45.2 Å². The van der Waals surface area contributed by atoms with Crippen LogP contribution in [0.5, 0.6) is 23.0 Å². The van der Waals surface area contributed by atoms with Crippen molar-refractivity contribution in [3.05, 3.63) is 96.2 Å². The number of halogens is 1. The highest BCUT2D eigenvalue weighted by Crippen LogP contribution is 2.40. The number of pyridine rings is 1. The lowest BCUT2D eigenvalue weighted by atomic mass is 9.86. The normalized spacial score (nSPS) is 11.2. The van der Waals surface area contributed by atoms with Crippen LogP contribution >= 0.6 is 12.4 Å². The van der Waals surface area contributed by atoms with Crippen molar-refractivity contribution >= 4 is 73.8 Å². The summed E-state index contributed by atoms with van der Waals surface area (Å²) in [6, 6.07) is 21.6. The minimum absolute atomic E-state index is 0. The number of nitrogens with zero attached hydrogens (tertiary/aromatic N) is 1. The molecule has 15 heteroatoms. The third-order valence-corrected chi connectivity index (χ3v) is 8.05. The molecule has 2 amide bonds. The number of aromatic carboxylic acids is 1. The zero-order chi connectivity index (χ0) is 36.2. The van der Waals surface area contributed by atoms with Crippen molar-refractivity contribution < 1.29 is 37.3 Å². The predicted molar refractivity (Wildman–Crippen MR) is 202 cm³/mol. The number of amides is 2. The molecule has 5 aromatic rings. The van der Waals surface area contributed by atoms with Crippen molar-refractivity contribution in [2.24, 2.45) is 0 Å². The minimum atomic E-state index is -3.64. The Morgan fingerprint density at radius 2 is 1.49 bits per heavy atom. The van der Waals surface area contributed by atoms with E-state index in [9.17, 15) is 23.1 Å². The first-order valence-corrected chi connectivity index (χ1v) is 17.2. The van der Waals surface area contributed by atoms with Crippen LogP contribution in [0.4, 0.5) is 33.4 Å². The van der Waals surface area contributed by atoms with Crippen LogP contribution in [0.15, 0.2) is 85.1 Å². The molecule has 0 saturated heterocycles. The fraction of sp³-hybridized carbons (Fsp3) is 0.194. The van der Waals surface area contributed by atoms with Gasteiger partial charge in [-0.05, 0) is 53.4 Å². The number of aromatic nitrogens is 1. The van der Waals surface area contributed by atoms with Crippen LogP contribution in [-0.4, -0.2) is 51.0 Å². The van der Waals surface area contributed by atoms with Gasteiger partial charge in [-0.2, -0.15) is 0 Å². The van der Waals surface area contributed by atoms with Crippen molar-refractivity contribution in [3.8, 4) is 23.0 Å². The van der Waals surface area contributed by atoms with Gasteiger partial charge in [0.1, 0.15) is 23.1 Å². The number of carbonyl (C=O) groups is 2. The van der Waals surface area contributed by atoms with Crippen LogP contribution in [0.1, 0.15) is 36.7 Å². The molecule has 0 aliphatic heterocycles. The van der Waals surface area contributed by atoms with Crippen molar-refractivity contribution in [1.29, 1.82) is 0 Å². The number of carboxylic acid groups (broad SMARTS) is 1. The number of hydrogen-bond acceptors (Lipinski definition) is 9. The van der Waals surface area contributed by atoms with Crippen molar-refractivity contribution in [1.82, 2.24) is 4.98 Å². The average molecular weight is 736 g/mol. The van der Waals surface area contributed by atoms with Crippen LogP contribution in [0, 0.1) is 0 Å². The molecule has 0 fully saturated rings. The minimum Gasteiger partial charge on any atom is -0.497 e. The van der Waals surface area contributed by atoms with Gasteiger partial charge in [0.15, 0.2) is 5.75 Å². The molecule has 0 atom stereocenters. The molecule has 0 saturated carbocycles. The first-order valence-electron chi connectivity index (χ1n) is 15.3. The summed E-state index contributed by atoms with van der Waals surface area (Å²) in [6.07, 6.45) is 2.60. The number of ether oxygens (including phenoxy) is 3. The number of sulfonamides is 1. The Balaban J connectivity index is 0.00000583. The molecule has 1 aromatic heterocycles. The van der Waals surface area contributed by atoms with E-state index >= 15 is 0 Å². The zero-order valence-corrected chi connectivity index (χ0v) is 30.3. The van der Waals surface area contributed by atoms with Gasteiger partial charge in [-0.25, -0.2) is 23.0 Å². The van der Waals surface area contributed by atoms with Crippen LogP contribution in [0.2, 0.25) is 0 Å². The summed E-state index contributed by atoms with van der Waals surface area (Å²) in [6.45, 7) is 5.92. The Morgan fingerprint density at radius 1 is 0.804 bits per heavy atom. The quantitative estimate of drug-likeness (QED) is 0.0888. The average Bonchev–Trinajstić information content (AvgIpc) is 3.04. The molecule has 5 rings (SSSR count). The summed E-state index contributed by atoms with van der Waals surface area (Å²) in [7, 11) is -0.795. The predicted octanol–water partition coefficient (Wildman–Crippen LogP) is 8.22. The van der Waals surface area contributed by atoms with Crippen LogP contribution < -0.4 is 34.9 Å². The Kier molecular flexibility index (Phi) is 11.5. The van der Waals surface area contributed by atoms with E-state index in [1.165, 1.54) is 26.4 Å². The van der Waals surface area contributed by atoms with Crippen molar-refractivity contribution in [2.75, 3.05) is 41.1 Å². The van der Waals surface area contributed by atoms with Gasteiger partial charge in [-0.15, -0.1) is 12.4 Å². The van der Waals surface area contributed by atoms with Gasteiger partial charge in [-0.3, -0.25) is 4.72 Å². The monoisotopic (exact) mass is 735 g/mol. The highest BCUT2D eigenvalue weighted by molar-refractivity contribution is 7.92. The molecular formula is C36H38ClN5O8S. The van der Waals surface area contributed by atoms with E-state index in [2.05, 4.69) is 25.7 Å². The zero-order valence-electron chi connectivity index (χ0n) is 28.7.